The summed E-state index contributed by atoms with van der Waals surface area (Å²) in [5.41, 5.74) is 0.690. The Labute approximate surface area is 111 Å². The number of nitrogens with one attached hydrogen (secondary N) is 1. The molecule has 2 heterocycles. The van der Waals surface area contributed by atoms with E-state index in [1.165, 1.54) is 6.20 Å². The number of ether oxygens (including phenoxy) is 1. The number of morpholine rings is 1. The maximum atomic E-state index is 10.8. The van der Waals surface area contributed by atoms with Crippen LogP contribution in [0.5, 0.6) is 0 Å². The van der Waals surface area contributed by atoms with Crippen molar-refractivity contribution in [3.63, 3.8) is 0 Å². The second kappa shape index (κ2) is 5.94. The third-order valence-electron chi connectivity index (χ3n) is 3.16. The van der Waals surface area contributed by atoms with Gasteiger partial charge in [-0.15, -0.1) is 0 Å². The fourth-order valence-corrected chi connectivity index (χ4v) is 2.18. The number of aryl methyl sites for hydroxylation is 1. The number of pyridine rings is 1. The van der Waals surface area contributed by atoms with E-state index < -0.39 is 4.92 Å². The number of rotatable bonds is 4. The third kappa shape index (κ3) is 3.18. The molecular weight excluding hydrogens is 248 g/mol. The fourth-order valence-electron chi connectivity index (χ4n) is 2.18. The second-order valence-electron chi connectivity index (χ2n) is 4.58. The van der Waals surface area contributed by atoms with Crippen molar-refractivity contribution in [1.29, 1.82) is 0 Å². The maximum absolute atomic E-state index is 10.8. The van der Waals surface area contributed by atoms with Gasteiger partial charge in [-0.05, 0) is 20.0 Å². The Morgan fingerprint density at radius 1 is 1.68 bits per heavy atom. The Morgan fingerprint density at radius 2 is 2.47 bits per heavy atom. The zero-order valence-electron chi connectivity index (χ0n) is 11.1. The average molecular weight is 266 g/mol. The SMILES string of the molecule is CNCC1CN(c2cc(C)c([N+](=O)[O-])cn2)CCO1. The van der Waals surface area contributed by atoms with Crippen molar-refractivity contribution >= 4 is 11.5 Å². The first-order valence-corrected chi connectivity index (χ1v) is 6.24. The van der Waals surface area contributed by atoms with Crippen LogP contribution in [0, 0.1) is 17.0 Å². The number of hydrogen-bond acceptors (Lipinski definition) is 6. The predicted octanol–water partition coefficient (Wildman–Crippen LogP) is 0.723. The molecule has 1 aliphatic heterocycles. The molecule has 1 aromatic heterocycles. The van der Waals surface area contributed by atoms with Gasteiger partial charge in [-0.2, -0.15) is 0 Å². The smallest absolute Gasteiger partial charge is 0.290 e. The van der Waals surface area contributed by atoms with E-state index in [0.717, 1.165) is 25.5 Å². The molecule has 1 aromatic rings. The van der Waals surface area contributed by atoms with Gasteiger partial charge in [0.15, 0.2) is 0 Å². The van der Waals surface area contributed by atoms with Gasteiger partial charge in [-0.25, -0.2) is 4.98 Å². The molecule has 1 aliphatic rings. The Kier molecular flexibility index (Phi) is 4.28. The van der Waals surface area contributed by atoms with Gasteiger partial charge in [0.25, 0.3) is 5.69 Å². The predicted molar refractivity (Wildman–Crippen MR) is 71.5 cm³/mol. The summed E-state index contributed by atoms with van der Waals surface area (Å²) >= 11 is 0. The molecule has 0 aliphatic carbocycles. The normalized spacial score (nSPS) is 19.5. The van der Waals surface area contributed by atoms with Crippen LogP contribution in [0.2, 0.25) is 0 Å². The molecular formula is C12H18N4O3. The van der Waals surface area contributed by atoms with Crippen LogP contribution >= 0.6 is 0 Å². The minimum atomic E-state index is -0.408. The molecule has 1 unspecified atom stereocenters. The lowest BCUT2D eigenvalue weighted by molar-refractivity contribution is -0.385. The maximum Gasteiger partial charge on any atom is 0.290 e. The summed E-state index contributed by atoms with van der Waals surface area (Å²) in [6.07, 6.45) is 1.45. The van der Waals surface area contributed by atoms with Crippen LogP contribution in [0.25, 0.3) is 0 Å². The number of nitrogens with zero attached hydrogens (tertiary/aromatic N) is 3. The van der Waals surface area contributed by atoms with Crippen LogP contribution < -0.4 is 10.2 Å². The van der Waals surface area contributed by atoms with Gasteiger partial charge >= 0.3 is 0 Å². The number of nitro groups is 1. The summed E-state index contributed by atoms with van der Waals surface area (Å²) in [4.78, 5) is 16.6. The molecule has 0 saturated carbocycles. The van der Waals surface area contributed by atoms with Crippen LogP contribution in [0.4, 0.5) is 11.5 Å². The quantitative estimate of drug-likeness (QED) is 0.639. The molecule has 7 nitrogen and oxygen atoms in total. The molecule has 1 fully saturated rings. The van der Waals surface area contributed by atoms with E-state index >= 15 is 0 Å². The average Bonchev–Trinajstić information content (AvgIpc) is 2.39. The molecule has 0 amide bonds. The largest absolute Gasteiger partial charge is 0.373 e. The topological polar surface area (TPSA) is 80.5 Å². The first-order chi connectivity index (χ1) is 9.11. The summed E-state index contributed by atoms with van der Waals surface area (Å²) in [6, 6.07) is 1.76. The monoisotopic (exact) mass is 266 g/mol. The first kappa shape index (κ1) is 13.7. The van der Waals surface area contributed by atoms with E-state index in [0.29, 0.717) is 12.2 Å². The Balaban J connectivity index is 2.13. The van der Waals surface area contributed by atoms with Gasteiger partial charge in [0.05, 0.1) is 17.6 Å². The molecule has 0 spiro atoms. The van der Waals surface area contributed by atoms with E-state index in [4.69, 9.17) is 4.74 Å². The van der Waals surface area contributed by atoms with Crippen LogP contribution in [-0.4, -0.2) is 49.3 Å². The van der Waals surface area contributed by atoms with Crippen LogP contribution in [0.3, 0.4) is 0 Å². The molecule has 2 rings (SSSR count). The Bertz CT molecular complexity index is 464. The van der Waals surface area contributed by atoms with Crippen LogP contribution in [0.15, 0.2) is 12.3 Å². The van der Waals surface area contributed by atoms with Crippen molar-refractivity contribution in [3.8, 4) is 0 Å². The van der Waals surface area contributed by atoms with Gasteiger partial charge in [0, 0.05) is 25.2 Å². The van der Waals surface area contributed by atoms with Crippen molar-refractivity contribution in [2.75, 3.05) is 38.2 Å². The zero-order valence-corrected chi connectivity index (χ0v) is 11.1. The molecule has 0 bridgehead atoms. The van der Waals surface area contributed by atoms with Gasteiger partial charge in [0.1, 0.15) is 12.0 Å². The number of likely N-dealkylation sites (N-methyl/N-ethyl adjacent to an activating group) is 1. The lowest BCUT2D eigenvalue weighted by Gasteiger charge is -2.33. The number of anilines is 1. The summed E-state index contributed by atoms with van der Waals surface area (Å²) in [5.74, 6) is 0.771. The van der Waals surface area contributed by atoms with E-state index in [-0.39, 0.29) is 11.8 Å². The number of aromatic nitrogens is 1. The molecule has 104 valence electrons. The van der Waals surface area contributed by atoms with Crippen molar-refractivity contribution in [2.45, 2.75) is 13.0 Å². The van der Waals surface area contributed by atoms with Crippen molar-refractivity contribution < 1.29 is 9.66 Å². The molecule has 0 aromatic carbocycles. The standard InChI is InChI=1S/C12H18N4O3/c1-9-5-12(14-7-11(9)16(17)18)15-3-4-19-10(8-15)6-13-2/h5,7,10,13H,3-4,6,8H2,1-2H3. The van der Waals surface area contributed by atoms with Crippen LogP contribution in [-0.2, 0) is 4.74 Å². The highest BCUT2D eigenvalue weighted by atomic mass is 16.6. The molecule has 1 N–H and O–H groups in total. The lowest BCUT2D eigenvalue weighted by atomic mass is 10.2. The van der Waals surface area contributed by atoms with Gasteiger partial charge in [-0.1, -0.05) is 0 Å². The van der Waals surface area contributed by atoms with Crippen LogP contribution in [0.1, 0.15) is 5.56 Å². The van der Waals surface area contributed by atoms with Crippen molar-refractivity contribution in [1.82, 2.24) is 10.3 Å². The first-order valence-electron chi connectivity index (χ1n) is 6.24. The molecule has 1 saturated heterocycles. The van der Waals surface area contributed by atoms with Crippen molar-refractivity contribution in [2.24, 2.45) is 0 Å². The van der Waals surface area contributed by atoms with E-state index in [2.05, 4.69) is 15.2 Å². The van der Waals surface area contributed by atoms with E-state index in [1.54, 1.807) is 13.0 Å². The molecule has 19 heavy (non-hydrogen) atoms. The fraction of sp³-hybridized carbons (Fsp3) is 0.583. The lowest BCUT2D eigenvalue weighted by Crippen LogP contribution is -2.46. The summed E-state index contributed by atoms with van der Waals surface area (Å²) in [6.45, 7) is 4.65. The van der Waals surface area contributed by atoms with Gasteiger partial charge in [-0.3, -0.25) is 10.1 Å². The van der Waals surface area contributed by atoms with Gasteiger partial charge < -0.3 is 15.0 Å². The molecule has 1 atom stereocenters. The highest BCUT2D eigenvalue weighted by Crippen LogP contribution is 2.22. The second-order valence-corrected chi connectivity index (χ2v) is 4.58. The van der Waals surface area contributed by atoms with E-state index in [1.807, 2.05) is 7.05 Å². The highest BCUT2D eigenvalue weighted by Gasteiger charge is 2.22. The van der Waals surface area contributed by atoms with E-state index in [9.17, 15) is 10.1 Å². The van der Waals surface area contributed by atoms with Crippen molar-refractivity contribution in [3.05, 3.63) is 27.9 Å². The zero-order chi connectivity index (χ0) is 13.8. The third-order valence-corrected chi connectivity index (χ3v) is 3.16. The molecule has 0 radical (unpaired) electrons. The Hall–Kier alpha value is -1.73. The highest BCUT2D eigenvalue weighted by molar-refractivity contribution is 5.48. The summed E-state index contributed by atoms with van der Waals surface area (Å²) < 4.78 is 5.62. The summed E-state index contributed by atoms with van der Waals surface area (Å²) in [5, 5.41) is 13.9. The summed E-state index contributed by atoms with van der Waals surface area (Å²) in [7, 11) is 1.89. The minimum absolute atomic E-state index is 0.0591. The number of hydrogen-bond donors (Lipinski definition) is 1. The van der Waals surface area contributed by atoms with Gasteiger partial charge in [0.2, 0.25) is 0 Å². The molecule has 7 heteroatoms. The Morgan fingerprint density at radius 3 is 3.11 bits per heavy atom. The minimum Gasteiger partial charge on any atom is -0.373 e.